The van der Waals surface area contributed by atoms with Crippen molar-refractivity contribution in [3.63, 3.8) is 0 Å². The molecule has 9 heteroatoms. The van der Waals surface area contributed by atoms with E-state index in [-0.39, 0.29) is 5.56 Å². The van der Waals surface area contributed by atoms with Crippen LogP contribution in [0.3, 0.4) is 0 Å². The van der Waals surface area contributed by atoms with Crippen molar-refractivity contribution in [1.82, 2.24) is 24.7 Å². The average Bonchev–Trinajstić information content (AvgIpc) is 3.54. The largest absolute Gasteiger partial charge is 0.484 e. The lowest BCUT2D eigenvalue weighted by atomic mass is 10.2. The molecular formula is C22H20ClN5O2S. The Morgan fingerprint density at radius 1 is 1.13 bits per heavy atom. The van der Waals surface area contributed by atoms with Gasteiger partial charge in [0.2, 0.25) is 0 Å². The molecule has 2 aromatic heterocycles. The molecule has 5 rings (SSSR count). The molecule has 2 heterocycles. The molecule has 2 aromatic carbocycles. The molecule has 0 unspecified atom stereocenters. The molecule has 31 heavy (non-hydrogen) atoms. The second kappa shape index (κ2) is 8.72. The zero-order valence-electron chi connectivity index (χ0n) is 16.6. The molecule has 1 aliphatic rings. The van der Waals surface area contributed by atoms with E-state index in [1.807, 2.05) is 36.4 Å². The van der Waals surface area contributed by atoms with E-state index in [4.69, 9.17) is 16.3 Å². The van der Waals surface area contributed by atoms with Crippen molar-refractivity contribution in [3.05, 3.63) is 75.6 Å². The number of hydrogen-bond acceptors (Lipinski definition) is 6. The fraction of sp³-hybridized carbons (Fsp3) is 0.273. The minimum Gasteiger partial charge on any atom is -0.484 e. The molecule has 0 radical (unpaired) electrons. The summed E-state index contributed by atoms with van der Waals surface area (Å²) in [7, 11) is 0. The van der Waals surface area contributed by atoms with Crippen molar-refractivity contribution >= 4 is 34.3 Å². The minimum atomic E-state index is -0.106. The van der Waals surface area contributed by atoms with Gasteiger partial charge in [-0.15, -0.1) is 10.2 Å². The molecule has 0 aliphatic heterocycles. The Labute approximate surface area is 187 Å². The van der Waals surface area contributed by atoms with E-state index in [0.29, 0.717) is 46.6 Å². The molecule has 0 atom stereocenters. The van der Waals surface area contributed by atoms with Gasteiger partial charge in [0.15, 0.2) is 11.0 Å². The number of fused-ring (bicyclic) bond motifs is 1. The van der Waals surface area contributed by atoms with Crippen molar-refractivity contribution in [2.24, 2.45) is 0 Å². The molecule has 1 saturated carbocycles. The van der Waals surface area contributed by atoms with Gasteiger partial charge in [0.25, 0.3) is 5.56 Å². The first-order chi connectivity index (χ1) is 15.2. The second-order valence-electron chi connectivity index (χ2n) is 7.35. The minimum absolute atomic E-state index is 0.106. The summed E-state index contributed by atoms with van der Waals surface area (Å²) < 4.78 is 8.03. The topological polar surface area (TPSA) is 85.7 Å². The SMILES string of the molecule is O=c1[nH]c(CCSc2nnc(COc3ccccc3Cl)n2C2CC2)nc2ccccc12. The standard InChI is InChI=1S/C22H20ClN5O2S/c23-16-6-2-4-8-18(16)30-13-20-26-27-22(28(20)14-9-10-14)31-12-11-19-24-17-7-3-1-5-15(17)21(29)25-19/h1-8,14H,9-13H2,(H,24,25,29). The van der Waals surface area contributed by atoms with Gasteiger partial charge in [0.1, 0.15) is 18.2 Å². The number of hydrogen-bond donors (Lipinski definition) is 1. The third-order valence-electron chi connectivity index (χ3n) is 5.07. The van der Waals surface area contributed by atoms with Crippen LogP contribution in [0.5, 0.6) is 5.75 Å². The summed E-state index contributed by atoms with van der Waals surface area (Å²) in [6.07, 6.45) is 2.86. The predicted molar refractivity (Wildman–Crippen MR) is 121 cm³/mol. The Morgan fingerprint density at radius 3 is 2.77 bits per heavy atom. The number of halogens is 1. The van der Waals surface area contributed by atoms with Crippen LogP contribution in [0.4, 0.5) is 0 Å². The lowest BCUT2D eigenvalue weighted by molar-refractivity contribution is 0.288. The van der Waals surface area contributed by atoms with Gasteiger partial charge in [0.05, 0.1) is 15.9 Å². The number of aryl methyl sites for hydroxylation is 1. The van der Waals surface area contributed by atoms with Crippen LogP contribution in [0.15, 0.2) is 58.5 Å². The molecule has 1 fully saturated rings. The number of nitrogens with one attached hydrogen (secondary N) is 1. The maximum absolute atomic E-state index is 12.2. The van der Waals surface area contributed by atoms with Crippen LogP contribution < -0.4 is 10.3 Å². The van der Waals surface area contributed by atoms with Gasteiger partial charge in [0, 0.05) is 18.2 Å². The first kappa shape index (κ1) is 20.1. The number of aromatic nitrogens is 5. The molecule has 7 nitrogen and oxygen atoms in total. The van der Waals surface area contributed by atoms with Crippen LogP contribution in [0.25, 0.3) is 10.9 Å². The highest BCUT2D eigenvalue weighted by Crippen LogP contribution is 2.39. The lowest BCUT2D eigenvalue weighted by Crippen LogP contribution is -2.12. The van der Waals surface area contributed by atoms with Gasteiger partial charge < -0.3 is 14.3 Å². The van der Waals surface area contributed by atoms with Gasteiger partial charge >= 0.3 is 0 Å². The number of nitrogens with zero attached hydrogens (tertiary/aromatic N) is 4. The molecule has 0 bridgehead atoms. The smallest absolute Gasteiger partial charge is 0.258 e. The van der Waals surface area contributed by atoms with Gasteiger partial charge in [-0.3, -0.25) is 4.79 Å². The van der Waals surface area contributed by atoms with Gasteiger partial charge in [-0.25, -0.2) is 4.98 Å². The number of rotatable bonds is 8. The van der Waals surface area contributed by atoms with Gasteiger partial charge in [-0.2, -0.15) is 0 Å². The highest BCUT2D eigenvalue weighted by molar-refractivity contribution is 7.99. The van der Waals surface area contributed by atoms with Gasteiger partial charge in [-0.1, -0.05) is 47.6 Å². The van der Waals surface area contributed by atoms with Crippen LogP contribution in [-0.2, 0) is 13.0 Å². The van der Waals surface area contributed by atoms with E-state index in [9.17, 15) is 4.79 Å². The monoisotopic (exact) mass is 453 g/mol. The highest BCUT2D eigenvalue weighted by Gasteiger charge is 2.29. The normalized spacial score (nSPS) is 13.6. The zero-order valence-corrected chi connectivity index (χ0v) is 18.2. The van der Waals surface area contributed by atoms with E-state index in [2.05, 4.69) is 24.7 Å². The Bertz CT molecular complexity index is 1280. The van der Waals surface area contributed by atoms with Crippen molar-refractivity contribution in [2.75, 3.05) is 5.75 Å². The predicted octanol–water partition coefficient (Wildman–Crippen LogP) is 4.42. The van der Waals surface area contributed by atoms with Crippen LogP contribution in [0.1, 0.15) is 30.5 Å². The van der Waals surface area contributed by atoms with E-state index < -0.39 is 0 Å². The van der Waals surface area contributed by atoms with Crippen molar-refractivity contribution in [2.45, 2.75) is 37.1 Å². The van der Waals surface area contributed by atoms with E-state index in [1.54, 1.807) is 23.9 Å². The maximum atomic E-state index is 12.2. The molecular weight excluding hydrogens is 434 g/mol. The Kier molecular flexibility index (Phi) is 5.65. The number of aromatic amines is 1. The number of H-pyrrole nitrogens is 1. The molecule has 0 amide bonds. The third-order valence-corrected chi connectivity index (χ3v) is 6.33. The fourth-order valence-electron chi connectivity index (χ4n) is 3.40. The molecule has 0 saturated heterocycles. The van der Waals surface area contributed by atoms with Crippen LogP contribution in [0, 0.1) is 0 Å². The lowest BCUT2D eigenvalue weighted by Gasteiger charge is -2.10. The first-order valence-electron chi connectivity index (χ1n) is 10.1. The number of benzene rings is 2. The summed E-state index contributed by atoms with van der Waals surface area (Å²) in [6.45, 7) is 0.313. The quantitative estimate of drug-likeness (QED) is 0.397. The third kappa shape index (κ3) is 4.45. The zero-order chi connectivity index (χ0) is 21.2. The van der Waals surface area contributed by atoms with E-state index in [1.165, 1.54) is 0 Å². The summed E-state index contributed by atoms with van der Waals surface area (Å²) >= 11 is 7.79. The molecule has 158 valence electrons. The summed E-state index contributed by atoms with van der Waals surface area (Å²) in [5.41, 5.74) is 0.608. The van der Waals surface area contributed by atoms with Crippen molar-refractivity contribution in [1.29, 1.82) is 0 Å². The van der Waals surface area contributed by atoms with Crippen LogP contribution in [0.2, 0.25) is 5.02 Å². The summed E-state index contributed by atoms with van der Waals surface area (Å²) in [5, 5.41) is 10.8. The average molecular weight is 454 g/mol. The highest BCUT2D eigenvalue weighted by atomic mass is 35.5. The summed E-state index contributed by atoms with van der Waals surface area (Å²) in [6, 6.07) is 15.2. The molecule has 0 spiro atoms. The van der Waals surface area contributed by atoms with Gasteiger partial charge in [-0.05, 0) is 37.1 Å². The van der Waals surface area contributed by atoms with Crippen molar-refractivity contribution < 1.29 is 4.74 Å². The Balaban J connectivity index is 1.27. The Morgan fingerprint density at radius 2 is 1.94 bits per heavy atom. The molecule has 1 aliphatic carbocycles. The number of para-hydroxylation sites is 2. The van der Waals surface area contributed by atoms with Crippen LogP contribution in [-0.4, -0.2) is 30.5 Å². The second-order valence-corrected chi connectivity index (χ2v) is 8.82. The molecule has 4 aromatic rings. The Hall–Kier alpha value is -2.84. The fourth-order valence-corrected chi connectivity index (χ4v) is 4.56. The maximum Gasteiger partial charge on any atom is 0.258 e. The summed E-state index contributed by atoms with van der Waals surface area (Å²) in [5.74, 6) is 2.84. The van der Waals surface area contributed by atoms with E-state index >= 15 is 0 Å². The summed E-state index contributed by atoms with van der Waals surface area (Å²) in [4.78, 5) is 19.7. The molecule has 1 N–H and O–H groups in total. The number of ether oxygens (including phenoxy) is 1. The van der Waals surface area contributed by atoms with Crippen molar-refractivity contribution in [3.8, 4) is 5.75 Å². The van der Waals surface area contributed by atoms with Crippen LogP contribution >= 0.6 is 23.4 Å². The first-order valence-corrected chi connectivity index (χ1v) is 11.5. The van der Waals surface area contributed by atoms with E-state index in [0.717, 1.165) is 29.6 Å². The number of thioether (sulfide) groups is 1.